The largest absolute Gasteiger partial charge is 0.478 e. The number of rotatable bonds is 7. The number of nitrogens with one attached hydrogen (secondary N) is 2. The van der Waals surface area contributed by atoms with E-state index in [9.17, 15) is 19.5 Å². The standard InChI is InChI=1S/C21H15Cl4N3O4S2/c1-8-7-33-21(26-8)28-18(29)9(2)34-11-5-3-4-10(6-11)27-19(30)12-13(20(31)32)15(23)17(25)16(24)14(12)22/h3-7,9H,1-2H3,(H,27,30)(H,31,32)(H,26,28,29). The van der Waals surface area contributed by atoms with Crippen LogP contribution in [0.5, 0.6) is 0 Å². The van der Waals surface area contributed by atoms with Gasteiger partial charge in [0, 0.05) is 16.0 Å². The van der Waals surface area contributed by atoms with Gasteiger partial charge >= 0.3 is 5.97 Å². The fourth-order valence-corrected chi connectivity index (χ4v) is 5.40. The second kappa shape index (κ2) is 11.2. The quantitative estimate of drug-likeness (QED) is 0.156. The minimum Gasteiger partial charge on any atom is -0.478 e. The van der Waals surface area contributed by atoms with E-state index in [1.54, 1.807) is 31.2 Å². The number of hydrogen-bond donors (Lipinski definition) is 3. The number of nitrogens with zero attached hydrogens (tertiary/aromatic N) is 1. The SMILES string of the molecule is Cc1csc(NC(=O)C(C)Sc2cccc(NC(=O)c3c(Cl)c(Cl)c(Cl)c(Cl)c3C(=O)O)c2)n1. The van der Waals surface area contributed by atoms with Gasteiger partial charge in [-0.05, 0) is 32.0 Å². The summed E-state index contributed by atoms with van der Waals surface area (Å²) in [6, 6.07) is 6.67. The minimum absolute atomic E-state index is 0.225. The molecule has 7 nitrogen and oxygen atoms in total. The Morgan fingerprint density at radius 3 is 2.26 bits per heavy atom. The smallest absolute Gasteiger partial charge is 0.338 e. The first kappa shape index (κ1) is 26.6. The lowest BCUT2D eigenvalue weighted by Crippen LogP contribution is -2.22. The van der Waals surface area contributed by atoms with Crippen LogP contribution in [-0.4, -0.2) is 33.1 Å². The highest BCUT2D eigenvalue weighted by molar-refractivity contribution is 8.00. The van der Waals surface area contributed by atoms with Crippen LogP contribution in [0.25, 0.3) is 0 Å². The monoisotopic (exact) mass is 577 g/mol. The molecule has 1 unspecified atom stereocenters. The number of amides is 2. The van der Waals surface area contributed by atoms with Gasteiger partial charge < -0.3 is 15.7 Å². The number of carbonyl (C=O) groups excluding carboxylic acids is 2. The summed E-state index contributed by atoms with van der Waals surface area (Å²) in [4.78, 5) is 42.0. The highest BCUT2D eigenvalue weighted by atomic mass is 35.5. The number of halogens is 4. The molecule has 178 valence electrons. The highest BCUT2D eigenvalue weighted by Crippen LogP contribution is 2.42. The van der Waals surface area contributed by atoms with E-state index in [0.717, 1.165) is 5.69 Å². The maximum absolute atomic E-state index is 12.9. The van der Waals surface area contributed by atoms with Crippen LogP contribution in [0.15, 0.2) is 34.5 Å². The van der Waals surface area contributed by atoms with Crippen LogP contribution >= 0.6 is 69.5 Å². The molecule has 1 aromatic heterocycles. The molecule has 0 aliphatic rings. The molecule has 0 spiro atoms. The van der Waals surface area contributed by atoms with Crippen molar-refractivity contribution < 1.29 is 19.5 Å². The van der Waals surface area contributed by atoms with Gasteiger partial charge in [0.2, 0.25) is 5.91 Å². The van der Waals surface area contributed by atoms with E-state index in [-0.39, 0.29) is 21.0 Å². The summed E-state index contributed by atoms with van der Waals surface area (Å²) < 4.78 is 0. The van der Waals surface area contributed by atoms with Crippen molar-refractivity contribution in [2.24, 2.45) is 0 Å². The van der Waals surface area contributed by atoms with Crippen LogP contribution in [0.1, 0.15) is 33.3 Å². The zero-order valence-corrected chi connectivity index (χ0v) is 22.1. The Hall–Kier alpha value is -2.01. The number of aromatic nitrogens is 1. The zero-order valence-electron chi connectivity index (χ0n) is 17.4. The van der Waals surface area contributed by atoms with E-state index in [4.69, 9.17) is 46.4 Å². The Balaban J connectivity index is 1.79. The molecule has 0 fully saturated rings. The first-order valence-corrected chi connectivity index (χ1v) is 12.7. The summed E-state index contributed by atoms with van der Waals surface area (Å²) in [5.41, 5.74) is 0.177. The average molecular weight is 579 g/mol. The van der Waals surface area contributed by atoms with Crippen molar-refractivity contribution >= 4 is 98.1 Å². The molecule has 2 amide bonds. The van der Waals surface area contributed by atoms with E-state index in [0.29, 0.717) is 15.7 Å². The van der Waals surface area contributed by atoms with Gasteiger partial charge in [0.25, 0.3) is 5.91 Å². The number of hydrogen-bond acceptors (Lipinski definition) is 6. The van der Waals surface area contributed by atoms with Crippen molar-refractivity contribution in [1.82, 2.24) is 4.98 Å². The summed E-state index contributed by atoms with van der Waals surface area (Å²) in [5, 5.41) is 15.5. The molecule has 0 aliphatic heterocycles. The van der Waals surface area contributed by atoms with Crippen molar-refractivity contribution in [1.29, 1.82) is 0 Å². The van der Waals surface area contributed by atoms with Gasteiger partial charge in [0.1, 0.15) is 0 Å². The van der Waals surface area contributed by atoms with Crippen LogP contribution in [0.3, 0.4) is 0 Å². The van der Waals surface area contributed by atoms with Gasteiger partial charge in [-0.25, -0.2) is 9.78 Å². The molecule has 0 saturated carbocycles. The lowest BCUT2D eigenvalue weighted by molar-refractivity contribution is -0.115. The molecule has 2 aromatic carbocycles. The number of carboxylic acids is 1. The maximum atomic E-state index is 12.9. The Bertz CT molecular complexity index is 1300. The topological polar surface area (TPSA) is 108 Å². The van der Waals surface area contributed by atoms with Crippen LogP contribution in [0.4, 0.5) is 10.8 Å². The van der Waals surface area contributed by atoms with E-state index in [2.05, 4.69) is 15.6 Å². The molecule has 34 heavy (non-hydrogen) atoms. The number of carbonyl (C=O) groups is 3. The number of carboxylic acid groups (broad SMARTS) is 1. The summed E-state index contributed by atoms with van der Waals surface area (Å²) in [6.07, 6.45) is 0. The number of thiazole rings is 1. The Labute approximate surface area is 222 Å². The number of benzene rings is 2. The predicted molar refractivity (Wildman–Crippen MR) is 139 cm³/mol. The number of thioether (sulfide) groups is 1. The Morgan fingerprint density at radius 2 is 1.68 bits per heavy atom. The zero-order chi connectivity index (χ0) is 25.2. The van der Waals surface area contributed by atoms with E-state index in [1.165, 1.54) is 23.1 Å². The van der Waals surface area contributed by atoms with Gasteiger partial charge in [-0.3, -0.25) is 9.59 Å². The van der Waals surface area contributed by atoms with E-state index in [1.807, 2.05) is 12.3 Å². The number of aromatic carboxylic acids is 1. The molecule has 3 N–H and O–H groups in total. The second-order valence-electron chi connectivity index (χ2n) is 6.84. The first-order chi connectivity index (χ1) is 16.0. The third kappa shape index (κ3) is 5.97. The molecule has 1 atom stereocenters. The number of anilines is 2. The summed E-state index contributed by atoms with van der Waals surface area (Å²) in [7, 11) is 0. The van der Waals surface area contributed by atoms with Gasteiger partial charge in [0.05, 0.1) is 42.2 Å². The summed E-state index contributed by atoms with van der Waals surface area (Å²) in [6.45, 7) is 3.57. The van der Waals surface area contributed by atoms with Crippen molar-refractivity contribution in [2.45, 2.75) is 24.0 Å². The molecule has 13 heteroatoms. The lowest BCUT2D eigenvalue weighted by Gasteiger charge is -2.15. The molecule has 0 aliphatic carbocycles. The van der Waals surface area contributed by atoms with Crippen LogP contribution in [0, 0.1) is 6.92 Å². The molecule has 3 rings (SSSR count). The molecule has 0 saturated heterocycles. The average Bonchev–Trinajstić information content (AvgIpc) is 3.18. The van der Waals surface area contributed by atoms with Crippen LogP contribution in [0.2, 0.25) is 20.1 Å². The molecule has 0 radical (unpaired) electrons. The second-order valence-corrected chi connectivity index (χ2v) is 10.6. The molecular formula is C21H15Cl4N3O4S2. The lowest BCUT2D eigenvalue weighted by atomic mass is 10.1. The maximum Gasteiger partial charge on any atom is 0.338 e. The van der Waals surface area contributed by atoms with Crippen molar-refractivity contribution in [2.75, 3.05) is 10.6 Å². The molecule has 1 heterocycles. The van der Waals surface area contributed by atoms with Gasteiger partial charge in [0.15, 0.2) is 5.13 Å². The van der Waals surface area contributed by atoms with Crippen LogP contribution in [-0.2, 0) is 4.79 Å². The minimum atomic E-state index is -1.49. The summed E-state index contributed by atoms with van der Waals surface area (Å²) in [5.74, 6) is -2.55. The van der Waals surface area contributed by atoms with Crippen molar-refractivity contribution in [3.05, 3.63) is 66.6 Å². The first-order valence-electron chi connectivity index (χ1n) is 9.39. The Morgan fingerprint density at radius 1 is 1.03 bits per heavy atom. The molecular weight excluding hydrogens is 564 g/mol. The third-order valence-corrected chi connectivity index (χ3v) is 8.10. The summed E-state index contributed by atoms with van der Waals surface area (Å²) >= 11 is 26.7. The molecule has 3 aromatic rings. The highest BCUT2D eigenvalue weighted by Gasteiger charge is 2.29. The van der Waals surface area contributed by atoms with Gasteiger partial charge in [-0.15, -0.1) is 23.1 Å². The third-order valence-electron chi connectivity index (χ3n) is 4.33. The fourth-order valence-electron chi connectivity index (χ4n) is 2.76. The predicted octanol–water partition coefficient (Wildman–Crippen LogP) is 7.13. The van der Waals surface area contributed by atoms with E-state index < -0.39 is 33.3 Å². The van der Waals surface area contributed by atoms with E-state index >= 15 is 0 Å². The van der Waals surface area contributed by atoms with Crippen molar-refractivity contribution in [3.8, 4) is 0 Å². The Kier molecular flexibility index (Phi) is 8.72. The number of aryl methyl sites for hydroxylation is 1. The molecule has 0 bridgehead atoms. The van der Waals surface area contributed by atoms with Gasteiger partial charge in [-0.2, -0.15) is 0 Å². The van der Waals surface area contributed by atoms with Gasteiger partial charge in [-0.1, -0.05) is 52.5 Å². The fraction of sp³-hybridized carbons (Fsp3) is 0.143. The van der Waals surface area contributed by atoms with Crippen molar-refractivity contribution in [3.63, 3.8) is 0 Å². The normalized spacial score (nSPS) is 11.7. The van der Waals surface area contributed by atoms with Crippen LogP contribution < -0.4 is 10.6 Å².